The fourth-order valence-corrected chi connectivity index (χ4v) is 2.50. The van der Waals surface area contributed by atoms with E-state index in [1.807, 2.05) is 25.1 Å². The average molecular weight is 333 g/mol. The van der Waals surface area contributed by atoms with Crippen LogP contribution in [0.2, 0.25) is 0 Å². The Morgan fingerprint density at radius 3 is 2.55 bits per heavy atom. The van der Waals surface area contributed by atoms with Crippen LogP contribution in [0, 0.1) is 12.7 Å². The zero-order valence-corrected chi connectivity index (χ0v) is 12.2. The fourth-order valence-electron chi connectivity index (χ4n) is 2.14. The van der Waals surface area contributed by atoms with Crippen LogP contribution in [0.25, 0.3) is 11.0 Å². The van der Waals surface area contributed by atoms with Gasteiger partial charge >= 0.3 is 0 Å². The van der Waals surface area contributed by atoms with Gasteiger partial charge in [0.2, 0.25) is 5.78 Å². The molecule has 1 aromatic heterocycles. The summed E-state index contributed by atoms with van der Waals surface area (Å²) in [7, 11) is 0. The summed E-state index contributed by atoms with van der Waals surface area (Å²) in [6.07, 6.45) is 0. The van der Waals surface area contributed by atoms with Gasteiger partial charge in [0.05, 0.1) is 0 Å². The first-order chi connectivity index (χ1) is 9.56. The Balaban J connectivity index is 2.12. The second-order valence-corrected chi connectivity index (χ2v) is 5.45. The topological polar surface area (TPSA) is 30.2 Å². The van der Waals surface area contributed by atoms with Gasteiger partial charge in [0.1, 0.15) is 11.4 Å². The average Bonchev–Trinajstić information content (AvgIpc) is 2.76. The number of fused-ring (bicyclic) bond motifs is 1. The zero-order valence-electron chi connectivity index (χ0n) is 10.6. The van der Waals surface area contributed by atoms with Crippen molar-refractivity contribution < 1.29 is 13.6 Å². The van der Waals surface area contributed by atoms with E-state index in [-0.39, 0.29) is 11.6 Å². The van der Waals surface area contributed by atoms with Crippen LogP contribution in [0.3, 0.4) is 0 Å². The van der Waals surface area contributed by atoms with Crippen LogP contribution in [0.15, 0.2) is 51.4 Å². The first-order valence-electron chi connectivity index (χ1n) is 6.05. The number of ketones is 1. The summed E-state index contributed by atoms with van der Waals surface area (Å²) in [5.74, 6) is -0.314. The highest BCUT2D eigenvalue weighted by atomic mass is 79.9. The third kappa shape index (κ3) is 2.16. The Morgan fingerprint density at radius 1 is 1.15 bits per heavy atom. The molecule has 0 atom stereocenters. The Morgan fingerprint density at radius 2 is 1.85 bits per heavy atom. The summed E-state index contributed by atoms with van der Waals surface area (Å²) in [6.45, 7) is 1.84. The standard InChI is InChI=1S/C16H10BrFO2/c1-9-13-8-11(17)4-7-14(13)20-16(9)15(19)10-2-5-12(18)6-3-10/h2-8H,1H3. The quantitative estimate of drug-likeness (QED) is 0.626. The lowest BCUT2D eigenvalue weighted by Gasteiger charge is -1.98. The second kappa shape index (κ2) is 4.87. The molecule has 4 heteroatoms. The third-order valence-corrected chi connectivity index (χ3v) is 3.70. The van der Waals surface area contributed by atoms with E-state index < -0.39 is 0 Å². The van der Waals surface area contributed by atoms with Gasteiger partial charge in [-0.2, -0.15) is 0 Å². The molecule has 0 radical (unpaired) electrons. The number of aryl methyl sites for hydroxylation is 1. The lowest BCUT2D eigenvalue weighted by atomic mass is 10.0. The van der Waals surface area contributed by atoms with Crippen molar-refractivity contribution in [3.05, 3.63) is 69.6 Å². The Bertz CT molecular complexity index is 803. The van der Waals surface area contributed by atoms with Gasteiger partial charge in [0.15, 0.2) is 5.76 Å². The summed E-state index contributed by atoms with van der Waals surface area (Å²) in [5.41, 5.74) is 1.86. The summed E-state index contributed by atoms with van der Waals surface area (Å²) >= 11 is 3.40. The molecule has 0 aliphatic carbocycles. The molecule has 0 N–H and O–H groups in total. The lowest BCUT2D eigenvalue weighted by molar-refractivity contribution is 0.101. The molecule has 0 spiro atoms. The molecule has 0 fully saturated rings. The molecule has 20 heavy (non-hydrogen) atoms. The first kappa shape index (κ1) is 13.1. The molecule has 0 saturated carbocycles. The number of halogens is 2. The van der Waals surface area contributed by atoms with E-state index in [1.54, 1.807) is 0 Å². The number of carbonyl (C=O) groups is 1. The molecule has 0 bridgehead atoms. The predicted molar refractivity (Wildman–Crippen MR) is 78.5 cm³/mol. The van der Waals surface area contributed by atoms with Crippen LogP contribution in [0.4, 0.5) is 4.39 Å². The molecule has 0 unspecified atom stereocenters. The molecule has 3 aromatic rings. The number of hydrogen-bond acceptors (Lipinski definition) is 2. The third-order valence-electron chi connectivity index (χ3n) is 3.21. The van der Waals surface area contributed by atoms with Crippen molar-refractivity contribution in [2.75, 3.05) is 0 Å². The Hall–Kier alpha value is -1.94. The molecule has 3 rings (SSSR count). The summed E-state index contributed by atoms with van der Waals surface area (Å²) < 4.78 is 19.5. The van der Waals surface area contributed by atoms with Gasteiger partial charge in [-0.15, -0.1) is 0 Å². The van der Waals surface area contributed by atoms with Crippen LogP contribution in [-0.2, 0) is 0 Å². The van der Waals surface area contributed by atoms with E-state index in [2.05, 4.69) is 15.9 Å². The normalized spacial score (nSPS) is 10.9. The minimum absolute atomic E-state index is 0.241. The maximum atomic E-state index is 12.9. The van der Waals surface area contributed by atoms with Crippen molar-refractivity contribution >= 4 is 32.7 Å². The molecule has 1 heterocycles. The summed E-state index contributed by atoms with van der Waals surface area (Å²) in [5, 5.41) is 0.893. The number of rotatable bonds is 2. The monoisotopic (exact) mass is 332 g/mol. The number of benzene rings is 2. The van der Waals surface area contributed by atoms with E-state index in [0.717, 1.165) is 15.4 Å². The number of hydrogen-bond donors (Lipinski definition) is 0. The minimum atomic E-state index is -0.369. The van der Waals surface area contributed by atoms with Crippen LogP contribution in [0.5, 0.6) is 0 Å². The van der Waals surface area contributed by atoms with Crippen molar-refractivity contribution in [3.63, 3.8) is 0 Å². The van der Waals surface area contributed by atoms with Gasteiger partial charge in [-0.1, -0.05) is 15.9 Å². The number of carbonyl (C=O) groups excluding carboxylic acids is 1. The Kier molecular flexibility index (Phi) is 3.18. The summed E-state index contributed by atoms with van der Waals surface area (Å²) in [6, 6.07) is 11.0. The van der Waals surface area contributed by atoms with Gasteiger partial charge in [0, 0.05) is 21.0 Å². The molecule has 0 aliphatic heterocycles. The molecule has 100 valence electrons. The predicted octanol–water partition coefficient (Wildman–Crippen LogP) is 4.87. The number of furan rings is 1. The zero-order chi connectivity index (χ0) is 14.3. The van der Waals surface area contributed by atoms with E-state index >= 15 is 0 Å². The van der Waals surface area contributed by atoms with Crippen LogP contribution < -0.4 is 0 Å². The van der Waals surface area contributed by atoms with Gasteiger partial charge < -0.3 is 4.42 Å². The first-order valence-corrected chi connectivity index (χ1v) is 6.84. The largest absolute Gasteiger partial charge is 0.452 e. The van der Waals surface area contributed by atoms with Crippen LogP contribution in [-0.4, -0.2) is 5.78 Å². The van der Waals surface area contributed by atoms with Crippen molar-refractivity contribution in [1.29, 1.82) is 0 Å². The van der Waals surface area contributed by atoms with Crippen molar-refractivity contribution in [2.45, 2.75) is 6.92 Å². The minimum Gasteiger partial charge on any atom is -0.452 e. The van der Waals surface area contributed by atoms with Crippen LogP contribution >= 0.6 is 15.9 Å². The van der Waals surface area contributed by atoms with E-state index in [9.17, 15) is 9.18 Å². The van der Waals surface area contributed by atoms with Gasteiger partial charge in [-0.25, -0.2) is 4.39 Å². The molecule has 2 aromatic carbocycles. The van der Waals surface area contributed by atoms with Crippen LogP contribution in [0.1, 0.15) is 21.7 Å². The van der Waals surface area contributed by atoms with E-state index in [1.165, 1.54) is 24.3 Å². The van der Waals surface area contributed by atoms with E-state index in [0.29, 0.717) is 16.9 Å². The lowest BCUT2D eigenvalue weighted by Crippen LogP contribution is -2.01. The SMILES string of the molecule is Cc1c(C(=O)c2ccc(F)cc2)oc2ccc(Br)cc12. The maximum Gasteiger partial charge on any atom is 0.228 e. The highest BCUT2D eigenvalue weighted by Gasteiger charge is 2.19. The maximum absolute atomic E-state index is 12.9. The summed E-state index contributed by atoms with van der Waals surface area (Å²) in [4.78, 5) is 12.4. The smallest absolute Gasteiger partial charge is 0.228 e. The van der Waals surface area contributed by atoms with Crippen molar-refractivity contribution in [3.8, 4) is 0 Å². The van der Waals surface area contributed by atoms with Crippen molar-refractivity contribution in [2.24, 2.45) is 0 Å². The fraction of sp³-hybridized carbons (Fsp3) is 0.0625. The molecular weight excluding hydrogens is 323 g/mol. The highest BCUT2D eigenvalue weighted by molar-refractivity contribution is 9.10. The van der Waals surface area contributed by atoms with E-state index in [4.69, 9.17) is 4.42 Å². The molecule has 0 amide bonds. The molecule has 2 nitrogen and oxygen atoms in total. The van der Waals surface area contributed by atoms with Crippen molar-refractivity contribution in [1.82, 2.24) is 0 Å². The Labute approximate surface area is 123 Å². The van der Waals surface area contributed by atoms with Gasteiger partial charge in [-0.05, 0) is 49.4 Å². The molecule has 0 saturated heterocycles. The highest BCUT2D eigenvalue weighted by Crippen LogP contribution is 2.29. The van der Waals surface area contributed by atoms with Gasteiger partial charge in [0.25, 0.3) is 0 Å². The molecule has 0 aliphatic rings. The van der Waals surface area contributed by atoms with Gasteiger partial charge in [-0.3, -0.25) is 4.79 Å². The second-order valence-electron chi connectivity index (χ2n) is 4.53. The molecular formula is C16H10BrFO2.